The summed E-state index contributed by atoms with van der Waals surface area (Å²) >= 11 is 12.6. The lowest BCUT2D eigenvalue weighted by atomic mass is 10.7. The maximum absolute atomic E-state index is 7.09. The molecule has 0 aliphatic rings. The fourth-order valence-electron chi connectivity index (χ4n) is 1.80. The minimum Gasteiger partial charge on any atom is -0.144 e. The largest absolute Gasteiger partial charge is 0.144 e. The maximum atomic E-state index is 7.09. The molecule has 0 nitrogen and oxygen atoms in total. The van der Waals surface area contributed by atoms with Gasteiger partial charge >= 0.3 is 0 Å². The molecule has 0 saturated carbocycles. The molecule has 0 saturated heterocycles. The summed E-state index contributed by atoms with van der Waals surface area (Å²) in [5, 5.41) is 6.45. The van der Waals surface area contributed by atoms with Crippen molar-refractivity contribution in [2.75, 3.05) is 6.16 Å². The smallest absolute Gasteiger partial charge is 0.0911 e. The van der Waals surface area contributed by atoms with Gasteiger partial charge in [0, 0.05) is 13.9 Å². The molecule has 0 bridgehead atoms. The Morgan fingerprint density at radius 3 is 1.71 bits per heavy atom. The molecule has 3 aromatic heterocycles. The first kappa shape index (κ1) is 16.5. The molecular formula is C14H14ClP3S3. The summed E-state index contributed by atoms with van der Waals surface area (Å²) in [5.74, 6) is 0. The third kappa shape index (κ3) is 5.08. The Hall–Kier alpha value is 0.680. The van der Waals surface area contributed by atoms with Crippen molar-refractivity contribution in [3.63, 3.8) is 0 Å². The van der Waals surface area contributed by atoms with Crippen LogP contribution in [0.3, 0.4) is 0 Å². The number of rotatable bonds is 7. The van der Waals surface area contributed by atoms with Gasteiger partial charge in [-0.2, -0.15) is 0 Å². The van der Waals surface area contributed by atoms with Crippen molar-refractivity contribution < 1.29 is 0 Å². The fourth-order valence-corrected chi connectivity index (χ4v) is 11.6. The number of hydrogen-bond acceptors (Lipinski definition) is 3. The normalized spacial score (nSPS) is 15.9. The minimum absolute atomic E-state index is 0.113. The molecule has 3 unspecified atom stereocenters. The van der Waals surface area contributed by atoms with E-state index in [9.17, 15) is 0 Å². The van der Waals surface area contributed by atoms with Crippen molar-refractivity contribution in [1.29, 1.82) is 0 Å². The quantitative estimate of drug-likeness (QED) is 0.379. The van der Waals surface area contributed by atoms with Crippen molar-refractivity contribution in [1.82, 2.24) is 0 Å². The maximum Gasteiger partial charge on any atom is 0.0911 e. The highest BCUT2D eigenvalue weighted by molar-refractivity contribution is 7.76. The second kappa shape index (κ2) is 7.98. The Morgan fingerprint density at radius 1 is 0.810 bits per heavy atom. The van der Waals surface area contributed by atoms with E-state index in [4.69, 9.17) is 11.6 Å². The van der Waals surface area contributed by atoms with Gasteiger partial charge in [-0.05, 0) is 40.5 Å². The summed E-state index contributed by atoms with van der Waals surface area (Å²) in [6.45, 7) is 0. The Bertz CT molecular complexity index is 599. The van der Waals surface area contributed by atoms with Crippen LogP contribution in [0.2, 0.25) is 0 Å². The van der Waals surface area contributed by atoms with Gasteiger partial charge in [-0.25, -0.2) is 0 Å². The first-order chi connectivity index (χ1) is 10.2. The molecule has 3 atom stereocenters. The SMILES string of the molecule is ClC(CPc1cccs1)(Pc1cccs1)Pc1cccs1. The molecular weight excluding hydrogens is 393 g/mol. The molecule has 3 aromatic rings. The van der Waals surface area contributed by atoms with Gasteiger partial charge < -0.3 is 0 Å². The monoisotopic (exact) mass is 406 g/mol. The summed E-state index contributed by atoms with van der Waals surface area (Å²) < 4.78 is 4.19. The van der Waals surface area contributed by atoms with Crippen LogP contribution in [-0.4, -0.2) is 10.5 Å². The highest BCUT2D eigenvalue weighted by atomic mass is 35.5. The number of hydrogen-bond donors (Lipinski definition) is 0. The zero-order valence-corrected chi connectivity index (χ0v) is 17.2. The molecule has 3 rings (SSSR count). The highest BCUT2D eigenvalue weighted by Gasteiger charge is 2.29. The topological polar surface area (TPSA) is 0 Å². The average Bonchev–Trinajstić information content (AvgIpc) is 3.20. The first-order valence-corrected chi connectivity index (χ1v) is 12.6. The third-order valence-corrected chi connectivity index (χ3v) is 12.4. The second-order valence-electron chi connectivity index (χ2n) is 4.34. The summed E-state index contributed by atoms with van der Waals surface area (Å²) in [6.07, 6.45) is 1.07. The molecule has 0 aliphatic carbocycles. The van der Waals surface area contributed by atoms with Crippen LogP contribution in [0.4, 0.5) is 0 Å². The van der Waals surface area contributed by atoms with Gasteiger partial charge in [-0.1, -0.05) is 43.9 Å². The molecule has 0 fully saturated rings. The molecule has 7 heteroatoms. The first-order valence-electron chi connectivity index (χ1n) is 6.33. The summed E-state index contributed by atoms with van der Waals surface area (Å²) in [4.78, 5) is 0. The molecule has 0 radical (unpaired) electrons. The zero-order chi connectivity index (χ0) is 14.5. The number of halogens is 1. The second-order valence-corrected chi connectivity index (χ2v) is 14.6. The van der Waals surface area contributed by atoms with Gasteiger partial charge in [-0.15, -0.1) is 45.6 Å². The van der Waals surface area contributed by atoms with Gasteiger partial charge in [0.05, 0.1) is 4.36 Å². The van der Waals surface area contributed by atoms with E-state index in [1.807, 2.05) is 34.0 Å². The van der Waals surface area contributed by atoms with Crippen LogP contribution >= 0.6 is 71.4 Å². The number of thiophene rings is 3. The molecule has 0 amide bonds. The van der Waals surface area contributed by atoms with Crippen molar-refractivity contribution in [2.24, 2.45) is 0 Å². The van der Waals surface area contributed by atoms with E-state index >= 15 is 0 Å². The van der Waals surface area contributed by atoms with Gasteiger partial charge in [0.1, 0.15) is 0 Å². The van der Waals surface area contributed by atoms with E-state index in [0.29, 0.717) is 17.2 Å². The van der Waals surface area contributed by atoms with Crippen LogP contribution in [0.1, 0.15) is 0 Å². The Balaban J connectivity index is 1.72. The lowest BCUT2D eigenvalue weighted by molar-refractivity contribution is 1.32. The van der Waals surface area contributed by atoms with E-state index in [-0.39, 0.29) is 4.36 Å². The van der Waals surface area contributed by atoms with Crippen molar-refractivity contribution in [2.45, 2.75) is 4.36 Å². The van der Waals surface area contributed by atoms with Gasteiger partial charge in [-0.3, -0.25) is 0 Å². The summed E-state index contributed by atoms with van der Waals surface area (Å²) in [5.41, 5.74) is 0. The third-order valence-electron chi connectivity index (χ3n) is 2.71. The average molecular weight is 407 g/mol. The highest BCUT2D eigenvalue weighted by Crippen LogP contribution is 2.53. The van der Waals surface area contributed by atoms with E-state index in [1.54, 1.807) is 0 Å². The predicted molar refractivity (Wildman–Crippen MR) is 110 cm³/mol. The molecule has 3 heterocycles. The number of alkyl halides is 1. The molecule has 0 spiro atoms. The zero-order valence-electron chi connectivity index (χ0n) is 11.0. The van der Waals surface area contributed by atoms with E-state index in [1.165, 1.54) is 13.9 Å². The molecule has 110 valence electrons. The Labute approximate surface area is 147 Å². The van der Waals surface area contributed by atoms with E-state index in [0.717, 1.165) is 14.7 Å². The fraction of sp³-hybridized carbons (Fsp3) is 0.143. The van der Waals surface area contributed by atoms with Gasteiger partial charge in [0.25, 0.3) is 0 Å². The summed E-state index contributed by atoms with van der Waals surface area (Å²) in [7, 11) is 2.19. The van der Waals surface area contributed by atoms with Crippen LogP contribution < -0.4 is 13.9 Å². The van der Waals surface area contributed by atoms with E-state index in [2.05, 4.69) is 52.5 Å². The van der Waals surface area contributed by atoms with Crippen LogP contribution in [0.15, 0.2) is 52.5 Å². The standard InChI is InChI=1S/C14H14ClP3S3/c15-14(17-12-5-2-8-20-12,18-13-6-3-9-21-13)10-16-11-4-1-7-19-11/h1-9,16-18H,10H2. The molecule has 0 aliphatic heterocycles. The lowest BCUT2D eigenvalue weighted by Gasteiger charge is -2.26. The van der Waals surface area contributed by atoms with Crippen molar-refractivity contribution >= 4 is 85.2 Å². The minimum atomic E-state index is -0.113. The van der Waals surface area contributed by atoms with E-state index < -0.39 is 0 Å². The summed E-state index contributed by atoms with van der Waals surface area (Å²) in [6, 6.07) is 13.0. The van der Waals surface area contributed by atoms with Gasteiger partial charge in [0.15, 0.2) is 0 Å². The van der Waals surface area contributed by atoms with Crippen LogP contribution in [0, 0.1) is 0 Å². The molecule has 0 N–H and O–H groups in total. The van der Waals surface area contributed by atoms with Crippen LogP contribution in [0.5, 0.6) is 0 Å². The van der Waals surface area contributed by atoms with Crippen molar-refractivity contribution in [3.8, 4) is 0 Å². The predicted octanol–water partition coefficient (Wildman–Crippen LogP) is 5.08. The Morgan fingerprint density at radius 2 is 1.29 bits per heavy atom. The van der Waals surface area contributed by atoms with Crippen LogP contribution in [-0.2, 0) is 0 Å². The van der Waals surface area contributed by atoms with Crippen molar-refractivity contribution in [3.05, 3.63) is 52.5 Å². The lowest BCUT2D eigenvalue weighted by Crippen LogP contribution is -2.18. The Kier molecular flexibility index (Phi) is 6.28. The molecule has 21 heavy (non-hydrogen) atoms. The van der Waals surface area contributed by atoms with Crippen LogP contribution in [0.25, 0.3) is 0 Å². The van der Waals surface area contributed by atoms with Gasteiger partial charge in [0.2, 0.25) is 0 Å². The molecule has 0 aromatic carbocycles.